The molecule has 0 aliphatic carbocycles. The van der Waals surface area contributed by atoms with Crippen LogP contribution in [0, 0.1) is 13.8 Å². The van der Waals surface area contributed by atoms with Crippen LogP contribution >= 0.6 is 0 Å². The Bertz CT molecular complexity index is 538. The Balaban J connectivity index is 2.12. The molecule has 1 aromatic rings. The number of hydrogen-bond donors (Lipinski definition) is 1. The molecule has 2 rings (SSSR count). The van der Waals surface area contributed by atoms with Gasteiger partial charge in [0.25, 0.3) is 11.7 Å². The molecule has 20 heavy (non-hydrogen) atoms. The van der Waals surface area contributed by atoms with Gasteiger partial charge in [-0.3, -0.25) is 9.59 Å². The first-order valence-corrected chi connectivity index (χ1v) is 7.24. The van der Waals surface area contributed by atoms with Crippen LogP contribution in [0.25, 0.3) is 0 Å². The van der Waals surface area contributed by atoms with E-state index in [-0.39, 0.29) is 11.7 Å². The van der Waals surface area contributed by atoms with Crippen LogP contribution < -0.4 is 10.2 Å². The van der Waals surface area contributed by atoms with Crippen LogP contribution in [0.15, 0.2) is 12.1 Å². The molecule has 1 aromatic carbocycles. The van der Waals surface area contributed by atoms with Crippen molar-refractivity contribution in [3.63, 3.8) is 0 Å². The predicted octanol–water partition coefficient (Wildman–Crippen LogP) is 2.22. The lowest BCUT2D eigenvalue weighted by Gasteiger charge is -2.17. The lowest BCUT2D eigenvalue weighted by atomic mass is 10.0. The molecule has 108 valence electrons. The van der Waals surface area contributed by atoms with Crippen molar-refractivity contribution in [2.45, 2.75) is 33.6 Å². The minimum atomic E-state index is -0.385. The summed E-state index contributed by atoms with van der Waals surface area (Å²) in [4.78, 5) is 25.8. The van der Waals surface area contributed by atoms with Crippen LogP contribution in [0.5, 0.6) is 0 Å². The third-order valence-electron chi connectivity index (χ3n) is 3.58. The van der Waals surface area contributed by atoms with Crippen LogP contribution in [0.2, 0.25) is 0 Å². The largest absolute Gasteiger partial charge is 0.317 e. The topological polar surface area (TPSA) is 49.4 Å². The quantitative estimate of drug-likeness (QED) is 0.639. The summed E-state index contributed by atoms with van der Waals surface area (Å²) in [6, 6.07) is 3.89. The Morgan fingerprint density at radius 1 is 1.15 bits per heavy atom. The molecule has 0 saturated heterocycles. The molecular formula is C16H22N2O2. The van der Waals surface area contributed by atoms with Gasteiger partial charge in [0.1, 0.15) is 0 Å². The number of hydrogen-bond acceptors (Lipinski definition) is 3. The number of carbonyl (C=O) groups excluding carboxylic acids is 2. The second-order valence-corrected chi connectivity index (χ2v) is 5.37. The fraction of sp³-hybridized carbons (Fsp3) is 0.500. The standard InChI is InChI=1S/C16H22N2O2/c1-4-6-17-7-5-8-18-13-10-11(2)9-12(3)14(13)15(19)16(18)20/h9-10,17H,4-8H2,1-3H3. The van der Waals surface area contributed by atoms with Crippen LogP contribution in [0.3, 0.4) is 0 Å². The number of fused-ring (bicyclic) bond motifs is 1. The number of anilines is 1. The van der Waals surface area contributed by atoms with Gasteiger partial charge in [0.15, 0.2) is 0 Å². The van der Waals surface area contributed by atoms with Gasteiger partial charge in [-0.25, -0.2) is 0 Å². The first kappa shape index (κ1) is 14.7. The fourth-order valence-corrected chi connectivity index (χ4v) is 2.68. The highest BCUT2D eigenvalue weighted by atomic mass is 16.2. The predicted molar refractivity (Wildman–Crippen MR) is 80.4 cm³/mol. The van der Waals surface area contributed by atoms with E-state index in [1.165, 1.54) is 0 Å². The average molecular weight is 274 g/mol. The Morgan fingerprint density at radius 3 is 2.60 bits per heavy atom. The number of aryl methyl sites for hydroxylation is 2. The van der Waals surface area contributed by atoms with Crippen LogP contribution in [0.1, 0.15) is 41.3 Å². The summed E-state index contributed by atoms with van der Waals surface area (Å²) in [5, 5.41) is 3.31. The summed E-state index contributed by atoms with van der Waals surface area (Å²) in [6.07, 6.45) is 1.95. The number of ketones is 1. The van der Waals surface area contributed by atoms with Crippen molar-refractivity contribution in [2.24, 2.45) is 0 Å². The smallest absolute Gasteiger partial charge is 0.299 e. The van der Waals surface area contributed by atoms with E-state index in [4.69, 9.17) is 0 Å². The summed E-state index contributed by atoms with van der Waals surface area (Å²) in [5.41, 5.74) is 3.35. The number of Topliss-reactive ketones (excluding diaryl/α,β-unsaturated/α-hetero) is 1. The number of nitrogens with zero attached hydrogens (tertiary/aromatic N) is 1. The molecule has 1 amide bonds. The SMILES string of the molecule is CCCNCCCN1C(=O)C(=O)c2c(C)cc(C)cc21. The number of nitrogens with one attached hydrogen (secondary N) is 1. The molecule has 4 heteroatoms. The van der Waals surface area contributed by atoms with Gasteiger partial charge in [0.05, 0.1) is 11.3 Å². The minimum Gasteiger partial charge on any atom is -0.317 e. The third-order valence-corrected chi connectivity index (χ3v) is 3.58. The number of carbonyl (C=O) groups is 2. The molecule has 1 N–H and O–H groups in total. The molecule has 0 fully saturated rings. The van der Waals surface area contributed by atoms with Crippen molar-refractivity contribution in [1.29, 1.82) is 0 Å². The highest BCUT2D eigenvalue weighted by Crippen LogP contribution is 2.32. The highest BCUT2D eigenvalue weighted by molar-refractivity contribution is 6.52. The van der Waals surface area contributed by atoms with Gasteiger partial charge >= 0.3 is 0 Å². The van der Waals surface area contributed by atoms with Crippen molar-refractivity contribution >= 4 is 17.4 Å². The number of rotatable bonds is 6. The maximum atomic E-state index is 12.1. The third kappa shape index (κ3) is 2.75. The van der Waals surface area contributed by atoms with E-state index in [0.29, 0.717) is 12.1 Å². The molecule has 0 spiro atoms. The molecule has 1 heterocycles. The Hall–Kier alpha value is -1.68. The lowest BCUT2D eigenvalue weighted by molar-refractivity contribution is -0.114. The Labute approximate surface area is 120 Å². The molecule has 0 atom stereocenters. The van der Waals surface area contributed by atoms with Crippen molar-refractivity contribution in [2.75, 3.05) is 24.5 Å². The molecule has 0 aromatic heterocycles. The minimum absolute atomic E-state index is 0.362. The molecule has 0 bridgehead atoms. The zero-order chi connectivity index (χ0) is 14.7. The van der Waals surface area contributed by atoms with Gasteiger partial charge in [-0.15, -0.1) is 0 Å². The van der Waals surface area contributed by atoms with Gasteiger partial charge < -0.3 is 10.2 Å². The second kappa shape index (κ2) is 6.18. The van der Waals surface area contributed by atoms with E-state index in [1.54, 1.807) is 4.90 Å². The first-order chi connectivity index (χ1) is 9.56. The molecule has 0 unspecified atom stereocenters. The van der Waals surface area contributed by atoms with E-state index in [0.717, 1.165) is 42.7 Å². The van der Waals surface area contributed by atoms with Crippen LogP contribution in [-0.2, 0) is 4.79 Å². The fourth-order valence-electron chi connectivity index (χ4n) is 2.68. The first-order valence-electron chi connectivity index (χ1n) is 7.24. The maximum Gasteiger partial charge on any atom is 0.299 e. The molecule has 4 nitrogen and oxygen atoms in total. The van der Waals surface area contributed by atoms with Gasteiger partial charge in [-0.2, -0.15) is 0 Å². The van der Waals surface area contributed by atoms with Crippen LogP contribution in [-0.4, -0.2) is 31.3 Å². The van der Waals surface area contributed by atoms with E-state index in [1.807, 2.05) is 26.0 Å². The van der Waals surface area contributed by atoms with Gasteiger partial charge in [-0.1, -0.05) is 13.0 Å². The maximum absolute atomic E-state index is 12.1. The molecule has 1 aliphatic rings. The zero-order valence-corrected chi connectivity index (χ0v) is 12.5. The van der Waals surface area contributed by atoms with Crippen molar-refractivity contribution in [3.8, 4) is 0 Å². The van der Waals surface area contributed by atoms with Crippen molar-refractivity contribution in [1.82, 2.24) is 5.32 Å². The van der Waals surface area contributed by atoms with Gasteiger partial charge in [0.2, 0.25) is 0 Å². The summed E-state index contributed by atoms with van der Waals surface area (Å²) in [6.45, 7) is 8.45. The average Bonchev–Trinajstić information content (AvgIpc) is 2.63. The van der Waals surface area contributed by atoms with E-state index >= 15 is 0 Å². The summed E-state index contributed by atoms with van der Waals surface area (Å²) in [5.74, 6) is -0.747. The molecule has 0 saturated carbocycles. The Kier molecular flexibility index (Phi) is 4.55. The number of amides is 1. The zero-order valence-electron chi connectivity index (χ0n) is 12.5. The summed E-state index contributed by atoms with van der Waals surface area (Å²) in [7, 11) is 0. The highest BCUT2D eigenvalue weighted by Gasteiger charge is 2.36. The van der Waals surface area contributed by atoms with Gasteiger partial charge in [0, 0.05) is 6.54 Å². The molecule has 0 radical (unpaired) electrons. The van der Waals surface area contributed by atoms with Crippen molar-refractivity contribution in [3.05, 3.63) is 28.8 Å². The van der Waals surface area contributed by atoms with E-state index in [2.05, 4.69) is 12.2 Å². The molecular weight excluding hydrogens is 252 g/mol. The normalized spacial score (nSPS) is 14.1. The van der Waals surface area contributed by atoms with E-state index < -0.39 is 0 Å². The van der Waals surface area contributed by atoms with Crippen molar-refractivity contribution < 1.29 is 9.59 Å². The monoisotopic (exact) mass is 274 g/mol. The number of benzene rings is 1. The second-order valence-electron chi connectivity index (χ2n) is 5.37. The summed E-state index contributed by atoms with van der Waals surface area (Å²) < 4.78 is 0. The molecule has 1 aliphatic heterocycles. The van der Waals surface area contributed by atoms with Crippen LogP contribution in [0.4, 0.5) is 5.69 Å². The van der Waals surface area contributed by atoms with E-state index in [9.17, 15) is 9.59 Å². The summed E-state index contributed by atoms with van der Waals surface area (Å²) >= 11 is 0. The lowest BCUT2D eigenvalue weighted by Crippen LogP contribution is -2.32. The Morgan fingerprint density at radius 2 is 1.90 bits per heavy atom. The van der Waals surface area contributed by atoms with Gasteiger partial charge in [-0.05, 0) is 57.0 Å².